The van der Waals surface area contributed by atoms with Gasteiger partial charge >= 0.3 is 0 Å². The molecule has 7 nitrogen and oxygen atoms in total. The molecule has 0 bridgehead atoms. The van der Waals surface area contributed by atoms with Crippen LogP contribution in [0.2, 0.25) is 0 Å². The van der Waals surface area contributed by atoms with E-state index in [2.05, 4.69) is 37.8 Å². The quantitative estimate of drug-likeness (QED) is 0.878. The summed E-state index contributed by atoms with van der Waals surface area (Å²) in [5, 5.41) is 19.0. The summed E-state index contributed by atoms with van der Waals surface area (Å²) in [6.45, 7) is 5.77. The molecule has 0 radical (unpaired) electrons. The maximum Gasteiger partial charge on any atom is 0.200 e. The first-order chi connectivity index (χ1) is 9.35. The fraction of sp³-hybridized carbons (Fsp3) is 0.667. The van der Waals surface area contributed by atoms with Gasteiger partial charge in [-0.25, -0.2) is 0 Å². The summed E-state index contributed by atoms with van der Waals surface area (Å²) in [6, 6.07) is 4.31. The highest BCUT2D eigenvalue weighted by Crippen LogP contribution is 2.15. The third-order valence-electron chi connectivity index (χ3n) is 3.55. The molecular weight excluding hydrogens is 242 g/mol. The fourth-order valence-electron chi connectivity index (χ4n) is 2.55. The molecule has 0 unspecified atom stereocenters. The zero-order valence-electron chi connectivity index (χ0n) is 11.2. The predicted molar refractivity (Wildman–Crippen MR) is 72.0 cm³/mol. The smallest absolute Gasteiger partial charge is 0.200 e. The average Bonchev–Trinajstić information content (AvgIpc) is 2.89. The third-order valence-corrected chi connectivity index (χ3v) is 3.55. The number of hydrogen-bond acceptors (Lipinski definition) is 6. The average molecular weight is 261 g/mol. The van der Waals surface area contributed by atoms with Crippen LogP contribution in [-0.2, 0) is 0 Å². The second-order valence-electron chi connectivity index (χ2n) is 5.01. The maximum atomic E-state index is 4.34. The van der Waals surface area contributed by atoms with Crippen LogP contribution in [0.1, 0.15) is 26.2 Å². The van der Waals surface area contributed by atoms with E-state index >= 15 is 0 Å². The van der Waals surface area contributed by atoms with Crippen molar-refractivity contribution >= 4 is 11.5 Å². The molecule has 0 aliphatic carbocycles. The van der Waals surface area contributed by atoms with Gasteiger partial charge in [-0.15, -0.1) is 14.8 Å². The normalized spacial score (nSPS) is 17.9. The van der Waals surface area contributed by atoms with Gasteiger partial charge in [0.05, 0.1) is 0 Å². The van der Waals surface area contributed by atoms with E-state index in [1.54, 1.807) is 0 Å². The van der Waals surface area contributed by atoms with Crippen LogP contribution in [0.3, 0.4) is 0 Å². The number of fused-ring (bicyclic) bond motifs is 1. The summed E-state index contributed by atoms with van der Waals surface area (Å²) in [7, 11) is 0. The predicted octanol–water partition coefficient (Wildman–Crippen LogP) is 0.806. The van der Waals surface area contributed by atoms with Crippen molar-refractivity contribution in [3.8, 4) is 0 Å². The van der Waals surface area contributed by atoms with Crippen molar-refractivity contribution in [3.05, 3.63) is 12.1 Å². The Hall–Kier alpha value is -1.76. The van der Waals surface area contributed by atoms with Gasteiger partial charge in [-0.05, 0) is 48.4 Å². The Balaban J connectivity index is 1.59. The zero-order chi connectivity index (χ0) is 13.1. The Morgan fingerprint density at radius 1 is 1.32 bits per heavy atom. The van der Waals surface area contributed by atoms with E-state index in [1.165, 1.54) is 30.7 Å². The molecule has 102 valence electrons. The van der Waals surface area contributed by atoms with E-state index in [0.717, 1.165) is 18.7 Å². The fourth-order valence-corrected chi connectivity index (χ4v) is 2.55. The van der Waals surface area contributed by atoms with Crippen LogP contribution < -0.4 is 5.32 Å². The molecule has 0 spiro atoms. The Bertz CT molecular complexity index is 530. The van der Waals surface area contributed by atoms with Crippen LogP contribution >= 0.6 is 0 Å². The molecule has 2 aromatic rings. The van der Waals surface area contributed by atoms with Crippen molar-refractivity contribution in [1.82, 2.24) is 30.2 Å². The first kappa shape index (κ1) is 12.3. The summed E-state index contributed by atoms with van der Waals surface area (Å²) in [5.74, 6) is 0.841. The molecule has 0 amide bonds. The van der Waals surface area contributed by atoms with Crippen molar-refractivity contribution in [3.63, 3.8) is 0 Å². The van der Waals surface area contributed by atoms with E-state index in [9.17, 15) is 0 Å². The monoisotopic (exact) mass is 261 g/mol. The number of aromatic nitrogens is 5. The molecule has 0 saturated carbocycles. The first-order valence-corrected chi connectivity index (χ1v) is 6.89. The highest BCUT2D eigenvalue weighted by molar-refractivity contribution is 5.42. The minimum absolute atomic E-state index is 0.495. The van der Waals surface area contributed by atoms with Gasteiger partial charge in [-0.1, -0.05) is 6.92 Å². The molecule has 1 aliphatic rings. The minimum atomic E-state index is 0.495. The lowest BCUT2D eigenvalue weighted by Gasteiger charge is -2.32. The van der Waals surface area contributed by atoms with Crippen LogP contribution in [0.5, 0.6) is 0 Å². The van der Waals surface area contributed by atoms with Crippen LogP contribution in [0.4, 0.5) is 5.82 Å². The Morgan fingerprint density at radius 2 is 2.16 bits per heavy atom. The van der Waals surface area contributed by atoms with Crippen LogP contribution in [-0.4, -0.2) is 55.8 Å². The summed E-state index contributed by atoms with van der Waals surface area (Å²) in [6.07, 6.45) is 3.56. The maximum absolute atomic E-state index is 4.34. The number of nitrogens with zero attached hydrogens (tertiary/aromatic N) is 6. The van der Waals surface area contributed by atoms with Gasteiger partial charge in [0.2, 0.25) is 0 Å². The summed E-state index contributed by atoms with van der Waals surface area (Å²) < 4.78 is 1.45. The highest BCUT2D eigenvalue weighted by Gasteiger charge is 2.18. The molecule has 3 heterocycles. The molecule has 1 aliphatic heterocycles. The summed E-state index contributed by atoms with van der Waals surface area (Å²) in [5.41, 5.74) is 0.670. The van der Waals surface area contributed by atoms with E-state index in [-0.39, 0.29) is 0 Å². The molecular formula is C12H19N7. The Morgan fingerprint density at radius 3 is 2.95 bits per heavy atom. The molecule has 0 atom stereocenters. The zero-order valence-corrected chi connectivity index (χ0v) is 11.2. The topological polar surface area (TPSA) is 71.2 Å². The molecule has 0 aromatic carbocycles. The number of rotatable bonds is 4. The number of tetrazole rings is 1. The molecule has 7 heteroatoms. The third kappa shape index (κ3) is 2.81. The summed E-state index contributed by atoms with van der Waals surface area (Å²) in [4.78, 5) is 2.52. The molecule has 3 rings (SSSR count). The lowest BCUT2D eigenvalue weighted by atomic mass is 10.0. The number of nitrogens with one attached hydrogen (secondary N) is 1. The molecule has 19 heavy (non-hydrogen) atoms. The van der Waals surface area contributed by atoms with Crippen LogP contribution in [0, 0.1) is 0 Å². The van der Waals surface area contributed by atoms with Crippen molar-refractivity contribution in [1.29, 1.82) is 0 Å². The van der Waals surface area contributed by atoms with Crippen molar-refractivity contribution in [2.75, 3.05) is 25.0 Å². The summed E-state index contributed by atoms with van der Waals surface area (Å²) >= 11 is 0. The largest absolute Gasteiger partial charge is 0.366 e. The van der Waals surface area contributed by atoms with E-state index in [0.29, 0.717) is 11.7 Å². The second kappa shape index (κ2) is 5.48. The van der Waals surface area contributed by atoms with Gasteiger partial charge in [0.15, 0.2) is 5.65 Å². The molecule has 1 saturated heterocycles. The lowest BCUT2D eigenvalue weighted by molar-refractivity contribution is 0.219. The molecule has 2 aromatic heterocycles. The SMILES string of the molecule is CCCN1CCC(Nc2ccc3nnnn3n2)CC1. The van der Waals surface area contributed by atoms with Gasteiger partial charge in [0.25, 0.3) is 0 Å². The van der Waals surface area contributed by atoms with Crippen LogP contribution in [0.15, 0.2) is 12.1 Å². The minimum Gasteiger partial charge on any atom is -0.366 e. The Kier molecular flexibility index (Phi) is 3.54. The highest BCUT2D eigenvalue weighted by atomic mass is 15.6. The van der Waals surface area contributed by atoms with Gasteiger partial charge < -0.3 is 10.2 Å². The van der Waals surface area contributed by atoms with Gasteiger partial charge in [-0.2, -0.15) is 0 Å². The van der Waals surface area contributed by atoms with Crippen molar-refractivity contribution in [2.45, 2.75) is 32.2 Å². The van der Waals surface area contributed by atoms with Gasteiger partial charge in [0, 0.05) is 19.1 Å². The van der Waals surface area contributed by atoms with Gasteiger partial charge in [-0.3, -0.25) is 0 Å². The number of anilines is 1. The van der Waals surface area contributed by atoms with E-state index in [1.807, 2.05) is 12.1 Å². The number of hydrogen-bond donors (Lipinski definition) is 1. The van der Waals surface area contributed by atoms with Crippen molar-refractivity contribution < 1.29 is 0 Å². The number of piperidine rings is 1. The Labute approximate surface area is 112 Å². The van der Waals surface area contributed by atoms with Gasteiger partial charge in [0.1, 0.15) is 5.82 Å². The van der Waals surface area contributed by atoms with Crippen molar-refractivity contribution in [2.24, 2.45) is 0 Å². The standard InChI is InChI=1S/C12H19N7/c1-2-7-18-8-5-10(6-9-18)13-11-3-4-12-14-16-17-19(12)15-11/h3-4,10H,2,5-9H2,1H3,(H,13,15). The molecule has 1 N–H and O–H groups in total. The van der Waals surface area contributed by atoms with Crippen LogP contribution in [0.25, 0.3) is 5.65 Å². The second-order valence-corrected chi connectivity index (χ2v) is 5.01. The first-order valence-electron chi connectivity index (χ1n) is 6.89. The number of likely N-dealkylation sites (tertiary alicyclic amines) is 1. The van der Waals surface area contributed by atoms with E-state index < -0.39 is 0 Å². The molecule has 1 fully saturated rings. The lowest BCUT2D eigenvalue weighted by Crippen LogP contribution is -2.39. The van der Waals surface area contributed by atoms with E-state index in [4.69, 9.17) is 0 Å².